The van der Waals surface area contributed by atoms with Crippen LogP contribution < -0.4 is 4.90 Å². The van der Waals surface area contributed by atoms with Crippen molar-refractivity contribution in [1.82, 2.24) is 9.80 Å². The van der Waals surface area contributed by atoms with E-state index in [2.05, 4.69) is 34.1 Å². The lowest BCUT2D eigenvalue weighted by Gasteiger charge is -2.38. The first-order valence-corrected chi connectivity index (χ1v) is 10.5. The maximum Gasteiger partial charge on any atom is 0.260 e. The van der Waals surface area contributed by atoms with Gasteiger partial charge in [-0.3, -0.25) is 19.4 Å². The monoisotopic (exact) mass is 391 g/mol. The fraction of sp³-hybridized carbons (Fsp3) is 0.417. The minimum atomic E-state index is -0.661. The number of fused-ring (bicyclic) bond motifs is 1. The van der Waals surface area contributed by atoms with Gasteiger partial charge in [0.05, 0.1) is 5.41 Å². The molecule has 0 N–H and O–H groups in total. The van der Waals surface area contributed by atoms with Crippen molar-refractivity contribution >= 4 is 17.5 Å². The van der Waals surface area contributed by atoms with Crippen LogP contribution in [0.3, 0.4) is 0 Å². The molecule has 2 aromatic rings. The third-order valence-electron chi connectivity index (χ3n) is 6.21. The fourth-order valence-corrected chi connectivity index (χ4v) is 4.43. The van der Waals surface area contributed by atoms with Crippen LogP contribution in [0.1, 0.15) is 36.2 Å². The van der Waals surface area contributed by atoms with Gasteiger partial charge in [0.15, 0.2) is 0 Å². The summed E-state index contributed by atoms with van der Waals surface area (Å²) in [5.41, 5.74) is 2.11. The average Bonchev–Trinajstić information content (AvgIpc) is 2.76. The van der Waals surface area contributed by atoms with Crippen LogP contribution in [0.4, 0.5) is 5.69 Å². The van der Waals surface area contributed by atoms with Crippen LogP contribution in [-0.2, 0) is 10.2 Å². The van der Waals surface area contributed by atoms with Crippen molar-refractivity contribution in [1.29, 1.82) is 0 Å². The van der Waals surface area contributed by atoms with Crippen LogP contribution in [-0.4, -0.2) is 60.9 Å². The summed E-state index contributed by atoms with van der Waals surface area (Å²) in [6.07, 6.45) is 0.807. The number of anilines is 1. The summed E-state index contributed by atoms with van der Waals surface area (Å²) in [7, 11) is 0. The number of hydrogen-bond donors (Lipinski definition) is 0. The van der Waals surface area contributed by atoms with Crippen molar-refractivity contribution in [2.45, 2.75) is 25.7 Å². The van der Waals surface area contributed by atoms with Gasteiger partial charge in [-0.1, -0.05) is 36.4 Å². The molecule has 2 aliphatic heterocycles. The van der Waals surface area contributed by atoms with Gasteiger partial charge in [0, 0.05) is 44.0 Å². The Kier molecular flexibility index (Phi) is 5.41. The maximum absolute atomic E-state index is 13.0. The van der Waals surface area contributed by atoms with Gasteiger partial charge in [-0.25, -0.2) is 0 Å². The number of para-hydroxylation sites is 1. The Morgan fingerprint density at radius 3 is 2.21 bits per heavy atom. The van der Waals surface area contributed by atoms with Gasteiger partial charge in [0.1, 0.15) is 0 Å². The number of benzene rings is 2. The molecule has 152 valence electrons. The number of imide groups is 1. The van der Waals surface area contributed by atoms with E-state index in [0.717, 1.165) is 44.7 Å². The largest absolute Gasteiger partial charge is 0.369 e. The third-order valence-corrected chi connectivity index (χ3v) is 6.21. The second-order valence-electron chi connectivity index (χ2n) is 8.45. The molecule has 2 aliphatic rings. The van der Waals surface area contributed by atoms with E-state index >= 15 is 0 Å². The van der Waals surface area contributed by atoms with E-state index in [9.17, 15) is 9.59 Å². The van der Waals surface area contributed by atoms with Crippen LogP contribution >= 0.6 is 0 Å². The predicted octanol–water partition coefficient (Wildman–Crippen LogP) is 3.16. The van der Waals surface area contributed by atoms with E-state index in [-0.39, 0.29) is 11.8 Å². The molecule has 0 atom stereocenters. The van der Waals surface area contributed by atoms with Gasteiger partial charge in [-0.15, -0.1) is 0 Å². The summed E-state index contributed by atoms with van der Waals surface area (Å²) in [4.78, 5) is 32.2. The molecule has 5 nitrogen and oxygen atoms in total. The Balaban J connectivity index is 1.32. The molecule has 29 heavy (non-hydrogen) atoms. The highest BCUT2D eigenvalue weighted by Gasteiger charge is 2.43. The maximum atomic E-state index is 13.0. The van der Waals surface area contributed by atoms with E-state index in [1.807, 2.05) is 44.2 Å². The molecule has 0 aromatic heterocycles. The lowest BCUT2D eigenvalue weighted by Crippen LogP contribution is -2.52. The number of piperazine rings is 1. The second-order valence-corrected chi connectivity index (χ2v) is 8.45. The van der Waals surface area contributed by atoms with Gasteiger partial charge >= 0.3 is 0 Å². The number of carbonyl (C=O) groups is 2. The van der Waals surface area contributed by atoms with Crippen molar-refractivity contribution < 1.29 is 9.59 Å². The zero-order valence-electron chi connectivity index (χ0n) is 17.3. The van der Waals surface area contributed by atoms with Crippen LogP contribution in [0.25, 0.3) is 0 Å². The molecular weight excluding hydrogens is 362 g/mol. The zero-order valence-corrected chi connectivity index (χ0v) is 17.3. The summed E-state index contributed by atoms with van der Waals surface area (Å²) in [6, 6.07) is 18.0. The molecular formula is C24H29N3O2. The van der Waals surface area contributed by atoms with E-state index in [1.165, 1.54) is 10.6 Å². The highest BCUT2D eigenvalue weighted by atomic mass is 16.2. The highest BCUT2D eigenvalue weighted by Crippen LogP contribution is 2.34. The van der Waals surface area contributed by atoms with Gasteiger partial charge in [-0.05, 0) is 50.6 Å². The summed E-state index contributed by atoms with van der Waals surface area (Å²) in [5.74, 6) is -0.242. The first kappa shape index (κ1) is 19.6. The summed E-state index contributed by atoms with van der Waals surface area (Å²) >= 11 is 0. The van der Waals surface area contributed by atoms with Crippen molar-refractivity contribution in [2.75, 3.05) is 44.2 Å². The SMILES string of the molecule is CC1(C)C(=O)N(CCCN2CCN(c3ccccc3)CC2)C(=O)c2ccccc21. The number of amides is 2. The van der Waals surface area contributed by atoms with Crippen molar-refractivity contribution in [3.8, 4) is 0 Å². The second kappa shape index (κ2) is 7.99. The van der Waals surface area contributed by atoms with E-state index in [4.69, 9.17) is 0 Å². The quantitative estimate of drug-likeness (QED) is 0.735. The first-order valence-electron chi connectivity index (χ1n) is 10.5. The molecule has 0 radical (unpaired) electrons. The molecule has 0 unspecified atom stereocenters. The molecule has 1 saturated heterocycles. The molecule has 2 aromatic carbocycles. The smallest absolute Gasteiger partial charge is 0.260 e. The minimum absolute atomic E-state index is 0.0879. The molecule has 0 bridgehead atoms. The van der Waals surface area contributed by atoms with Crippen LogP contribution in [0.15, 0.2) is 54.6 Å². The summed E-state index contributed by atoms with van der Waals surface area (Å²) < 4.78 is 0. The van der Waals surface area contributed by atoms with Crippen molar-refractivity contribution in [3.63, 3.8) is 0 Å². The topological polar surface area (TPSA) is 43.9 Å². The van der Waals surface area contributed by atoms with Gasteiger partial charge in [-0.2, -0.15) is 0 Å². The molecule has 4 rings (SSSR count). The molecule has 0 spiro atoms. The standard InChI is InChI=1S/C24H29N3O2/c1-24(2)21-12-7-6-11-20(21)22(28)27(23(24)29)14-8-13-25-15-17-26(18-16-25)19-9-4-3-5-10-19/h3-7,9-12H,8,13-18H2,1-2H3. The molecule has 0 saturated carbocycles. The molecule has 1 fully saturated rings. The number of hydrogen-bond acceptors (Lipinski definition) is 4. The lowest BCUT2D eigenvalue weighted by molar-refractivity contribution is -0.134. The number of nitrogens with zero attached hydrogens (tertiary/aromatic N) is 3. The number of rotatable bonds is 5. The van der Waals surface area contributed by atoms with Crippen LogP contribution in [0, 0.1) is 0 Å². The Hall–Kier alpha value is -2.66. The van der Waals surface area contributed by atoms with Crippen molar-refractivity contribution in [3.05, 3.63) is 65.7 Å². The third kappa shape index (κ3) is 3.79. The van der Waals surface area contributed by atoms with Crippen molar-refractivity contribution in [2.24, 2.45) is 0 Å². The van der Waals surface area contributed by atoms with E-state index < -0.39 is 5.41 Å². The van der Waals surface area contributed by atoms with E-state index in [0.29, 0.717) is 12.1 Å². The summed E-state index contributed by atoms with van der Waals surface area (Å²) in [5, 5.41) is 0. The normalized spacial score (nSPS) is 19.4. The van der Waals surface area contributed by atoms with E-state index in [1.54, 1.807) is 0 Å². The fourth-order valence-electron chi connectivity index (χ4n) is 4.43. The predicted molar refractivity (Wildman–Crippen MR) is 115 cm³/mol. The average molecular weight is 392 g/mol. The lowest BCUT2D eigenvalue weighted by atomic mass is 9.77. The Morgan fingerprint density at radius 2 is 1.48 bits per heavy atom. The van der Waals surface area contributed by atoms with Gasteiger partial charge in [0.25, 0.3) is 5.91 Å². The van der Waals surface area contributed by atoms with Gasteiger partial charge in [0.2, 0.25) is 5.91 Å². The highest BCUT2D eigenvalue weighted by molar-refractivity contribution is 6.12. The first-order chi connectivity index (χ1) is 14.0. The Bertz CT molecular complexity index is 886. The van der Waals surface area contributed by atoms with Crippen LogP contribution in [0.2, 0.25) is 0 Å². The summed E-state index contributed by atoms with van der Waals surface area (Å²) in [6.45, 7) is 9.23. The molecule has 5 heteroatoms. The molecule has 2 amide bonds. The number of carbonyl (C=O) groups excluding carboxylic acids is 2. The Labute approximate surface area is 172 Å². The zero-order chi connectivity index (χ0) is 20.4. The molecule has 0 aliphatic carbocycles. The minimum Gasteiger partial charge on any atom is -0.369 e. The van der Waals surface area contributed by atoms with Gasteiger partial charge < -0.3 is 4.90 Å². The Morgan fingerprint density at radius 1 is 0.828 bits per heavy atom. The van der Waals surface area contributed by atoms with Crippen LogP contribution in [0.5, 0.6) is 0 Å². The molecule has 2 heterocycles.